The average molecular weight is 267 g/mol. The highest BCUT2D eigenvalue weighted by Gasteiger charge is 2.12. The van der Waals surface area contributed by atoms with E-state index in [1.165, 1.54) is 6.07 Å². The molecule has 0 saturated heterocycles. The predicted octanol–water partition coefficient (Wildman–Crippen LogP) is 3.04. The summed E-state index contributed by atoms with van der Waals surface area (Å²) in [6.07, 6.45) is 0. The average Bonchev–Trinajstić information content (AvgIpc) is 2.27. The van der Waals surface area contributed by atoms with Crippen molar-refractivity contribution in [2.75, 3.05) is 0 Å². The van der Waals surface area contributed by atoms with Gasteiger partial charge in [0, 0.05) is 16.8 Å². The van der Waals surface area contributed by atoms with Gasteiger partial charge in [-0.05, 0) is 6.07 Å². The van der Waals surface area contributed by atoms with Crippen LogP contribution >= 0.6 is 15.9 Å². The summed E-state index contributed by atoms with van der Waals surface area (Å²) in [5.41, 5.74) is 1.28. The van der Waals surface area contributed by atoms with Crippen molar-refractivity contribution >= 4 is 32.5 Å². The zero-order chi connectivity index (χ0) is 10.8. The Hall–Kier alpha value is -1.49. The fourth-order valence-electron chi connectivity index (χ4n) is 1.39. The number of rotatable bonds is 2. The molecule has 0 spiro atoms. The summed E-state index contributed by atoms with van der Waals surface area (Å²) in [7, 11) is 0. The number of hydrogen-bond donors (Lipinski definition) is 0. The molecule has 0 aliphatic rings. The second kappa shape index (κ2) is 3.94. The first-order valence-electron chi connectivity index (χ1n) is 4.31. The van der Waals surface area contributed by atoms with Crippen LogP contribution in [0.1, 0.15) is 5.69 Å². The zero-order valence-electron chi connectivity index (χ0n) is 7.68. The number of hydrogen-bond acceptors (Lipinski definition) is 3. The topological polar surface area (TPSA) is 56.0 Å². The van der Waals surface area contributed by atoms with E-state index in [1.54, 1.807) is 6.07 Å². The molecule has 0 atom stereocenters. The number of pyridine rings is 1. The van der Waals surface area contributed by atoms with E-state index >= 15 is 0 Å². The molecule has 5 heteroatoms. The van der Waals surface area contributed by atoms with E-state index in [-0.39, 0.29) is 5.69 Å². The molecular weight excluding hydrogens is 260 g/mol. The Bertz CT molecular complexity index is 528. The zero-order valence-corrected chi connectivity index (χ0v) is 9.27. The van der Waals surface area contributed by atoms with Gasteiger partial charge in [-0.25, -0.2) is 4.98 Å². The van der Waals surface area contributed by atoms with Crippen LogP contribution in [0, 0.1) is 10.1 Å². The number of halogens is 1. The summed E-state index contributed by atoms with van der Waals surface area (Å²) in [6, 6.07) is 8.63. The highest BCUT2D eigenvalue weighted by molar-refractivity contribution is 9.08. The molecule has 2 aromatic rings. The third kappa shape index (κ3) is 1.83. The molecule has 0 aliphatic carbocycles. The molecule has 1 aromatic carbocycles. The molecule has 2 rings (SSSR count). The molecule has 0 amide bonds. The van der Waals surface area contributed by atoms with Gasteiger partial charge in [0.15, 0.2) is 0 Å². The molecule has 0 N–H and O–H groups in total. The third-order valence-electron chi connectivity index (χ3n) is 2.09. The van der Waals surface area contributed by atoms with Crippen molar-refractivity contribution in [2.45, 2.75) is 5.33 Å². The van der Waals surface area contributed by atoms with Gasteiger partial charge in [0.25, 0.3) is 5.69 Å². The molecule has 76 valence electrons. The number of nitro benzene ring substituents is 1. The van der Waals surface area contributed by atoms with Gasteiger partial charge in [-0.1, -0.05) is 34.1 Å². The Morgan fingerprint density at radius 1 is 1.33 bits per heavy atom. The highest BCUT2D eigenvalue weighted by Crippen LogP contribution is 2.23. The number of nitro groups is 1. The normalized spacial score (nSPS) is 10.5. The summed E-state index contributed by atoms with van der Waals surface area (Å²) < 4.78 is 0. The van der Waals surface area contributed by atoms with E-state index in [4.69, 9.17) is 0 Å². The third-order valence-corrected chi connectivity index (χ3v) is 2.66. The first-order chi connectivity index (χ1) is 7.22. The minimum absolute atomic E-state index is 0.0512. The van der Waals surface area contributed by atoms with E-state index in [9.17, 15) is 10.1 Å². The second-order valence-electron chi connectivity index (χ2n) is 3.04. The van der Waals surface area contributed by atoms with Crippen molar-refractivity contribution in [3.63, 3.8) is 0 Å². The molecule has 0 saturated carbocycles. The molecule has 1 aromatic heterocycles. The van der Waals surface area contributed by atoms with E-state index in [0.717, 1.165) is 11.1 Å². The van der Waals surface area contributed by atoms with Crippen molar-refractivity contribution < 1.29 is 4.92 Å². The van der Waals surface area contributed by atoms with Crippen LogP contribution < -0.4 is 0 Å². The van der Waals surface area contributed by atoms with Crippen LogP contribution in [-0.4, -0.2) is 9.91 Å². The Balaban J connectivity index is 2.76. The van der Waals surface area contributed by atoms with Crippen LogP contribution in [0.3, 0.4) is 0 Å². The maximum absolute atomic E-state index is 10.8. The first kappa shape index (κ1) is 10.0. The molecule has 0 radical (unpaired) electrons. The lowest BCUT2D eigenvalue weighted by molar-refractivity contribution is -0.383. The van der Waals surface area contributed by atoms with Crippen molar-refractivity contribution in [1.82, 2.24) is 4.98 Å². The van der Waals surface area contributed by atoms with Crippen LogP contribution in [0.4, 0.5) is 5.69 Å². The quantitative estimate of drug-likeness (QED) is 0.477. The van der Waals surface area contributed by atoms with E-state index in [0.29, 0.717) is 10.8 Å². The summed E-state index contributed by atoms with van der Waals surface area (Å²) >= 11 is 3.27. The van der Waals surface area contributed by atoms with E-state index in [2.05, 4.69) is 20.9 Å². The number of para-hydroxylation sites is 1. The van der Waals surface area contributed by atoms with Gasteiger partial charge in [-0.3, -0.25) is 10.1 Å². The van der Waals surface area contributed by atoms with Crippen molar-refractivity contribution in [1.29, 1.82) is 0 Å². The van der Waals surface area contributed by atoms with Crippen molar-refractivity contribution in [3.05, 3.63) is 46.1 Å². The Labute approximate surface area is 94.2 Å². The maximum atomic E-state index is 10.8. The van der Waals surface area contributed by atoms with Crippen LogP contribution in [-0.2, 0) is 5.33 Å². The van der Waals surface area contributed by atoms with Gasteiger partial charge in [0.05, 0.1) is 10.6 Å². The van der Waals surface area contributed by atoms with Crippen LogP contribution in [0.15, 0.2) is 30.3 Å². The van der Waals surface area contributed by atoms with Crippen LogP contribution in [0.2, 0.25) is 0 Å². The number of benzene rings is 1. The Morgan fingerprint density at radius 2 is 2.13 bits per heavy atom. The molecular formula is C10H7BrN2O2. The standard InChI is InChI=1S/C10H7BrN2O2/c11-6-8-5-4-7-2-1-3-9(13(14)15)10(7)12-8/h1-5H,6H2. The van der Waals surface area contributed by atoms with E-state index < -0.39 is 4.92 Å². The molecule has 0 unspecified atom stereocenters. The summed E-state index contributed by atoms with van der Waals surface area (Å²) in [6.45, 7) is 0. The van der Waals surface area contributed by atoms with Crippen molar-refractivity contribution in [2.24, 2.45) is 0 Å². The first-order valence-corrected chi connectivity index (χ1v) is 5.43. The van der Waals surface area contributed by atoms with Crippen LogP contribution in [0.5, 0.6) is 0 Å². The van der Waals surface area contributed by atoms with Gasteiger partial charge in [-0.15, -0.1) is 0 Å². The fraction of sp³-hybridized carbons (Fsp3) is 0.100. The Morgan fingerprint density at radius 3 is 2.80 bits per heavy atom. The smallest absolute Gasteiger partial charge is 0.258 e. The number of aromatic nitrogens is 1. The SMILES string of the molecule is O=[N+]([O-])c1cccc2ccc(CBr)nc12. The highest BCUT2D eigenvalue weighted by atomic mass is 79.9. The number of non-ortho nitro benzene ring substituents is 1. The maximum Gasteiger partial charge on any atom is 0.295 e. The Kier molecular flexibility index (Phi) is 2.64. The van der Waals surface area contributed by atoms with Gasteiger partial charge >= 0.3 is 0 Å². The monoisotopic (exact) mass is 266 g/mol. The second-order valence-corrected chi connectivity index (χ2v) is 3.60. The van der Waals surface area contributed by atoms with Crippen LogP contribution in [0.25, 0.3) is 10.9 Å². The summed E-state index contributed by atoms with van der Waals surface area (Å²) in [4.78, 5) is 14.6. The molecule has 0 fully saturated rings. The lowest BCUT2D eigenvalue weighted by Crippen LogP contribution is -1.93. The molecule has 0 aliphatic heterocycles. The lowest BCUT2D eigenvalue weighted by Gasteiger charge is -2.00. The minimum atomic E-state index is -0.409. The molecule has 4 nitrogen and oxygen atoms in total. The fourth-order valence-corrected chi connectivity index (χ4v) is 1.71. The van der Waals surface area contributed by atoms with Gasteiger partial charge in [0.2, 0.25) is 0 Å². The largest absolute Gasteiger partial charge is 0.295 e. The molecule has 1 heterocycles. The van der Waals surface area contributed by atoms with E-state index in [1.807, 2.05) is 18.2 Å². The summed E-state index contributed by atoms with van der Waals surface area (Å²) in [5, 5.41) is 12.1. The number of alkyl halides is 1. The summed E-state index contributed by atoms with van der Waals surface area (Å²) in [5.74, 6) is 0. The van der Waals surface area contributed by atoms with Gasteiger partial charge in [-0.2, -0.15) is 0 Å². The van der Waals surface area contributed by atoms with Crippen molar-refractivity contribution in [3.8, 4) is 0 Å². The lowest BCUT2D eigenvalue weighted by atomic mass is 10.2. The van der Waals surface area contributed by atoms with Gasteiger partial charge in [0.1, 0.15) is 5.52 Å². The predicted molar refractivity (Wildman–Crippen MR) is 61.0 cm³/mol. The number of nitrogens with zero attached hydrogens (tertiary/aromatic N) is 2. The molecule has 0 bridgehead atoms. The minimum Gasteiger partial charge on any atom is -0.258 e. The molecule has 15 heavy (non-hydrogen) atoms. The van der Waals surface area contributed by atoms with Gasteiger partial charge < -0.3 is 0 Å². The number of fused-ring (bicyclic) bond motifs is 1.